The number of nitrogen functional groups attached to an aromatic ring is 1. The maximum absolute atomic E-state index is 16.0. The number of rotatable bonds is 9. The average Bonchev–Trinajstić information content (AvgIpc) is 3.70. The number of aliphatic hydroxyl groups is 2. The molecule has 0 aromatic carbocycles. The second-order valence-electron chi connectivity index (χ2n) is 9.78. The Morgan fingerprint density at radius 1 is 1.24 bits per heavy atom. The lowest BCUT2D eigenvalue weighted by Crippen LogP contribution is -2.41. The van der Waals surface area contributed by atoms with E-state index in [1.807, 2.05) is 0 Å². The number of halogens is 2. The molecule has 2 saturated heterocycles. The van der Waals surface area contributed by atoms with Crippen molar-refractivity contribution in [1.82, 2.24) is 34.1 Å². The number of pyridine rings is 1. The molecule has 6 heterocycles. The minimum atomic E-state index is -4.32. The van der Waals surface area contributed by atoms with E-state index in [4.69, 9.17) is 36.1 Å². The van der Waals surface area contributed by atoms with E-state index in [9.17, 15) is 19.9 Å². The summed E-state index contributed by atoms with van der Waals surface area (Å²) >= 11 is 5.14. The standard InChI is InChI=1S/C22H25F2N8O8PS/c23-12-15(34)11(39-20(12)32-9-30-14-17(25)27-7-28-18(14)32)5-38-41(36,42)40-16-21(37-6-22(16,24)2-4-33)31-8-29-13-10(31)1-3-26-19(13)35/h1,3,7-9,11-12,15-16,20-21,33-34H,2,4-6H2,(H,26,35)(H,36,42)(H2,25,27,28)/t11-,12+,15-,16+,20-,21-,22-,41?/m1/s1. The van der Waals surface area contributed by atoms with Gasteiger partial charge in [0.1, 0.15) is 30.2 Å². The van der Waals surface area contributed by atoms with Gasteiger partial charge in [-0.3, -0.25) is 13.9 Å². The fourth-order valence-corrected chi connectivity index (χ4v) is 6.50. The van der Waals surface area contributed by atoms with Crippen molar-refractivity contribution in [3.8, 4) is 0 Å². The van der Waals surface area contributed by atoms with Gasteiger partial charge in [-0.2, -0.15) is 0 Å². The number of aromatic amines is 1. The van der Waals surface area contributed by atoms with Crippen LogP contribution in [-0.4, -0.2) is 99.1 Å². The molecule has 2 aliphatic heterocycles. The van der Waals surface area contributed by atoms with Gasteiger partial charge in [-0.25, -0.2) is 28.7 Å². The SMILES string of the molecule is Nc1ncnc2c1ncn2[C@@H]1O[C@H](COP(O)(=S)O[C@H]2[C@H](n3cnc4c(=O)[nH]ccc43)OC[C@]2(F)CCO)[C@@H](O)[C@@H]1F. The third kappa shape index (κ3) is 4.99. The van der Waals surface area contributed by atoms with Crippen LogP contribution in [0.1, 0.15) is 18.9 Å². The molecule has 226 valence electrons. The number of nitrogens with one attached hydrogen (secondary N) is 1. The topological polar surface area (TPSA) is 218 Å². The van der Waals surface area contributed by atoms with E-state index in [0.29, 0.717) is 5.52 Å². The van der Waals surface area contributed by atoms with Crippen LogP contribution in [0.5, 0.6) is 0 Å². The lowest BCUT2D eigenvalue weighted by molar-refractivity contribution is -0.0533. The highest BCUT2D eigenvalue weighted by molar-refractivity contribution is 8.07. The summed E-state index contributed by atoms with van der Waals surface area (Å²) in [5.74, 6) is 0.0699. The summed E-state index contributed by atoms with van der Waals surface area (Å²) in [6.45, 7) is -6.06. The van der Waals surface area contributed by atoms with Crippen molar-refractivity contribution in [2.45, 2.75) is 49.0 Å². The maximum atomic E-state index is 16.0. The van der Waals surface area contributed by atoms with E-state index in [2.05, 4.69) is 24.9 Å². The zero-order valence-corrected chi connectivity index (χ0v) is 23.1. The van der Waals surface area contributed by atoms with Gasteiger partial charge in [-0.1, -0.05) is 0 Å². The molecule has 0 saturated carbocycles. The molecule has 6 N–H and O–H groups in total. The summed E-state index contributed by atoms with van der Waals surface area (Å²) < 4.78 is 56.0. The van der Waals surface area contributed by atoms with Gasteiger partial charge in [0, 0.05) is 19.2 Å². The van der Waals surface area contributed by atoms with Crippen molar-refractivity contribution in [2.24, 2.45) is 0 Å². The summed E-state index contributed by atoms with van der Waals surface area (Å²) in [4.78, 5) is 41.5. The first kappa shape index (κ1) is 29.1. The fourth-order valence-electron chi connectivity index (χ4n) is 5.06. The quantitative estimate of drug-likeness (QED) is 0.154. The molecular weight excluding hydrogens is 605 g/mol. The van der Waals surface area contributed by atoms with Crippen molar-refractivity contribution in [3.05, 3.63) is 41.6 Å². The number of H-pyrrole nitrogens is 1. The Morgan fingerprint density at radius 2 is 2.00 bits per heavy atom. The first-order chi connectivity index (χ1) is 20.0. The molecule has 0 radical (unpaired) electrons. The van der Waals surface area contributed by atoms with Crippen LogP contribution in [0.2, 0.25) is 0 Å². The molecule has 16 nitrogen and oxygen atoms in total. The fraction of sp³-hybridized carbons (Fsp3) is 0.500. The van der Waals surface area contributed by atoms with E-state index in [1.165, 1.54) is 40.4 Å². The van der Waals surface area contributed by atoms with Crippen LogP contribution in [0, 0.1) is 0 Å². The predicted octanol–water partition coefficient (Wildman–Crippen LogP) is -0.0188. The minimum Gasteiger partial charge on any atom is -0.396 e. The highest BCUT2D eigenvalue weighted by atomic mass is 32.5. The summed E-state index contributed by atoms with van der Waals surface area (Å²) in [6.07, 6.45) is -4.66. The lowest BCUT2D eigenvalue weighted by atomic mass is 9.97. The molecule has 4 aromatic heterocycles. The highest BCUT2D eigenvalue weighted by Crippen LogP contribution is 2.53. The smallest absolute Gasteiger partial charge is 0.325 e. The third-order valence-electron chi connectivity index (χ3n) is 7.17. The average molecular weight is 631 g/mol. The van der Waals surface area contributed by atoms with Crippen molar-refractivity contribution >= 4 is 46.5 Å². The molecule has 8 atom stereocenters. The van der Waals surface area contributed by atoms with Crippen LogP contribution in [0.15, 0.2) is 36.0 Å². The van der Waals surface area contributed by atoms with Crippen LogP contribution < -0.4 is 11.3 Å². The highest BCUT2D eigenvalue weighted by Gasteiger charge is 2.55. The molecule has 2 fully saturated rings. The number of anilines is 1. The van der Waals surface area contributed by atoms with Gasteiger partial charge < -0.3 is 44.4 Å². The Hall–Kier alpha value is -3.00. The van der Waals surface area contributed by atoms with Crippen molar-refractivity contribution in [2.75, 3.05) is 25.6 Å². The van der Waals surface area contributed by atoms with E-state index in [-0.39, 0.29) is 22.5 Å². The first-order valence-corrected chi connectivity index (χ1v) is 15.1. The molecule has 20 heteroatoms. The Bertz CT molecular complexity index is 1720. The molecule has 6 rings (SSSR count). The number of alkyl halides is 2. The van der Waals surface area contributed by atoms with Gasteiger partial charge in [0.2, 0.25) is 0 Å². The predicted molar refractivity (Wildman–Crippen MR) is 143 cm³/mol. The second-order valence-corrected chi connectivity index (χ2v) is 12.6. The van der Waals surface area contributed by atoms with Crippen LogP contribution in [-0.2, 0) is 30.3 Å². The van der Waals surface area contributed by atoms with E-state index in [0.717, 1.165) is 0 Å². The van der Waals surface area contributed by atoms with Crippen LogP contribution in [0.25, 0.3) is 22.2 Å². The number of fused-ring (bicyclic) bond motifs is 2. The summed E-state index contributed by atoms with van der Waals surface area (Å²) in [7, 11) is 0. The number of hydrogen-bond acceptors (Lipinski definition) is 13. The Labute approximate surface area is 239 Å². The number of aliphatic hydroxyl groups excluding tert-OH is 2. The van der Waals surface area contributed by atoms with Gasteiger partial charge in [0.25, 0.3) is 5.56 Å². The number of imidazole rings is 2. The van der Waals surface area contributed by atoms with Gasteiger partial charge in [-0.05, 0) is 17.9 Å². The number of nitrogens with zero attached hydrogens (tertiary/aromatic N) is 6. The Morgan fingerprint density at radius 3 is 2.79 bits per heavy atom. The maximum Gasteiger partial charge on any atom is 0.325 e. The van der Waals surface area contributed by atoms with Gasteiger partial charge in [0.05, 0.1) is 31.4 Å². The largest absolute Gasteiger partial charge is 0.396 e. The van der Waals surface area contributed by atoms with Crippen molar-refractivity contribution < 1.29 is 42.4 Å². The number of aromatic nitrogens is 7. The molecule has 0 amide bonds. The first-order valence-electron chi connectivity index (χ1n) is 12.5. The van der Waals surface area contributed by atoms with Crippen LogP contribution in [0.4, 0.5) is 14.6 Å². The van der Waals surface area contributed by atoms with Gasteiger partial charge >= 0.3 is 6.72 Å². The number of hydrogen-bond donors (Lipinski definition) is 5. The van der Waals surface area contributed by atoms with E-state index < -0.39 is 81.1 Å². The van der Waals surface area contributed by atoms with Crippen LogP contribution in [0.3, 0.4) is 0 Å². The molecule has 0 bridgehead atoms. The summed E-state index contributed by atoms with van der Waals surface area (Å²) in [5, 5.41) is 20.0. The summed E-state index contributed by atoms with van der Waals surface area (Å²) in [5.41, 5.74) is 3.70. The van der Waals surface area contributed by atoms with Crippen molar-refractivity contribution in [3.63, 3.8) is 0 Å². The number of ether oxygens (including phenoxy) is 2. The minimum absolute atomic E-state index is 0.0561. The zero-order chi connectivity index (χ0) is 29.8. The molecule has 0 spiro atoms. The monoisotopic (exact) mass is 630 g/mol. The van der Waals surface area contributed by atoms with E-state index >= 15 is 8.78 Å². The molecule has 2 aliphatic rings. The van der Waals surface area contributed by atoms with E-state index in [1.54, 1.807) is 0 Å². The van der Waals surface area contributed by atoms with Gasteiger partial charge in [0.15, 0.2) is 41.3 Å². The second kappa shape index (κ2) is 10.9. The Balaban J connectivity index is 1.20. The molecule has 0 aliphatic carbocycles. The molecular formula is C22H25F2N8O8PS. The third-order valence-corrected chi connectivity index (χ3v) is 8.71. The number of nitrogens with two attached hydrogens (primary N) is 1. The zero-order valence-electron chi connectivity index (χ0n) is 21.4. The van der Waals surface area contributed by atoms with Crippen molar-refractivity contribution in [1.29, 1.82) is 0 Å². The summed E-state index contributed by atoms with van der Waals surface area (Å²) in [6, 6.07) is 1.52. The Kier molecular flexibility index (Phi) is 7.57. The van der Waals surface area contributed by atoms with Gasteiger partial charge in [-0.15, -0.1) is 0 Å². The lowest BCUT2D eigenvalue weighted by Gasteiger charge is -2.31. The normalized spacial score (nSPS) is 31.3. The molecule has 42 heavy (non-hydrogen) atoms. The molecule has 1 unspecified atom stereocenters. The molecule has 4 aromatic rings. The van der Waals surface area contributed by atoms with Crippen LogP contribution >= 0.6 is 6.72 Å².